The highest BCUT2D eigenvalue weighted by molar-refractivity contribution is 6.42. The number of phenols is 1. The molecular formula is C9H9NO4. The highest BCUT2D eigenvalue weighted by Crippen LogP contribution is 2.10. The van der Waals surface area contributed by atoms with E-state index < -0.39 is 5.97 Å². The fourth-order valence-corrected chi connectivity index (χ4v) is 0.926. The van der Waals surface area contributed by atoms with Crippen LogP contribution in [-0.2, 0) is 9.63 Å². The molecule has 0 aliphatic heterocycles. The van der Waals surface area contributed by atoms with Gasteiger partial charge in [-0.2, -0.15) is 0 Å². The maximum absolute atomic E-state index is 10.7. The third-order valence-electron chi connectivity index (χ3n) is 1.53. The summed E-state index contributed by atoms with van der Waals surface area (Å²) in [6.07, 6.45) is 0. The minimum absolute atomic E-state index is 0.0657. The number of hydrogen-bond acceptors (Lipinski definition) is 4. The molecule has 0 aromatic heterocycles. The van der Waals surface area contributed by atoms with Crippen molar-refractivity contribution < 1.29 is 19.8 Å². The summed E-state index contributed by atoms with van der Waals surface area (Å²) in [4.78, 5) is 15.1. The van der Waals surface area contributed by atoms with Crippen LogP contribution >= 0.6 is 0 Å². The van der Waals surface area contributed by atoms with Gasteiger partial charge in [0.15, 0.2) is 5.71 Å². The first-order chi connectivity index (χ1) is 6.65. The Morgan fingerprint density at radius 1 is 1.36 bits per heavy atom. The second-order valence-corrected chi connectivity index (χ2v) is 2.47. The van der Waals surface area contributed by atoms with E-state index in [0.29, 0.717) is 5.56 Å². The zero-order chi connectivity index (χ0) is 10.6. The van der Waals surface area contributed by atoms with E-state index in [1.165, 1.54) is 31.4 Å². The van der Waals surface area contributed by atoms with Gasteiger partial charge in [-0.3, -0.25) is 0 Å². The summed E-state index contributed by atoms with van der Waals surface area (Å²) in [5.74, 6) is -1.12. The summed E-state index contributed by atoms with van der Waals surface area (Å²) in [7, 11) is 1.27. The molecule has 0 aliphatic carbocycles. The molecule has 5 nitrogen and oxygen atoms in total. The van der Waals surface area contributed by atoms with Crippen molar-refractivity contribution in [2.45, 2.75) is 0 Å². The Morgan fingerprint density at radius 3 is 2.36 bits per heavy atom. The summed E-state index contributed by atoms with van der Waals surface area (Å²) in [5.41, 5.74) is 0.171. The minimum Gasteiger partial charge on any atom is -0.508 e. The van der Waals surface area contributed by atoms with E-state index in [9.17, 15) is 4.79 Å². The number of benzene rings is 1. The van der Waals surface area contributed by atoms with Crippen LogP contribution in [0.3, 0.4) is 0 Å². The van der Waals surface area contributed by atoms with E-state index in [2.05, 4.69) is 9.99 Å². The molecular weight excluding hydrogens is 186 g/mol. The molecule has 0 atom stereocenters. The smallest absolute Gasteiger partial charge is 0.358 e. The van der Waals surface area contributed by atoms with E-state index >= 15 is 0 Å². The maximum Gasteiger partial charge on any atom is 0.358 e. The van der Waals surface area contributed by atoms with E-state index in [1.807, 2.05) is 0 Å². The van der Waals surface area contributed by atoms with Crippen molar-refractivity contribution >= 4 is 11.7 Å². The topological polar surface area (TPSA) is 79.1 Å². The second-order valence-electron chi connectivity index (χ2n) is 2.47. The minimum atomic E-state index is -1.18. The van der Waals surface area contributed by atoms with Gasteiger partial charge in [0.05, 0.1) is 0 Å². The maximum atomic E-state index is 10.7. The zero-order valence-corrected chi connectivity index (χ0v) is 7.47. The van der Waals surface area contributed by atoms with Gasteiger partial charge >= 0.3 is 5.97 Å². The number of carboxylic acids is 1. The van der Waals surface area contributed by atoms with Crippen LogP contribution in [-0.4, -0.2) is 29.0 Å². The molecule has 0 radical (unpaired) electrons. The van der Waals surface area contributed by atoms with Gasteiger partial charge in [0, 0.05) is 5.56 Å². The second kappa shape index (κ2) is 4.27. The van der Waals surface area contributed by atoms with Crippen molar-refractivity contribution in [2.75, 3.05) is 7.11 Å². The van der Waals surface area contributed by atoms with E-state index in [0.717, 1.165) is 0 Å². The molecule has 1 aromatic carbocycles. The molecule has 74 valence electrons. The SMILES string of the molecule is CON=C(C(=O)O)c1ccc(O)cc1. The molecule has 0 unspecified atom stereocenters. The summed E-state index contributed by atoms with van der Waals surface area (Å²) in [5, 5.41) is 21.1. The van der Waals surface area contributed by atoms with Gasteiger partial charge in [0.1, 0.15) is 12.9 Å². The van der Waals surface area contributed by atoms with Gasteiger partial charge < -0.3 is 15.1 Å². The molecule has 0 saturated carbocycles. The molecule has 1 rings (SSSR count). The fourth-order valence-electron chi connectivity index (χ4n) is 0.926. The normalized spacial score (nSPS) is 11.1. The first-order valence-corrected chi connectivity index (χ1v) is 3.79. The van der Waals surface area contributed by atoms with Crippen LogP contribution in [0.5, 0.6) is 5.75 Å². The number of carbonyl (C=O) groups is 1. The molecule has 0 amide bonds. The summed E-state index contributed by atoms with van der Waals surface area (Å²) in [6, 6.07) is 5.65. The van der Waals surface area contributed by atoms with Crippen molar-refractivity contribution in [2.24, 2.45) is 5.16 Å². The van der Waals surface area contributed by atoms with E-state index in [-0.39, 0.29) is 11.5 Å². The lowest BCUT2D eigenvalue weighted by Gasteiger charge is -2.00. The number of phenolic OH excluding ortho intramolecular Hbond substituents is 1. The summed E-state index contributed by atoms with van der Waals surface area (Å²) < 4.78 is 0. The first-order valence-electron chi connectivity index (χ1n) is 3.79. The molecule has 0 aliphatic rings. The zero-order valence-electron chi connectivity index (χ0n) is 7.47. The third kappa shape index (κ3) is 2.22. The molecule has 0 spiro atoms. The Bertz CT molecular complexity index is 356. The highest BCUT2D eigenvalue weighted by atomic mass is 16.6. The Labute approximate surface area is 80.2 Å². The largest absolute Gasteiger partial charge is 0.508 e. The van der Waals surface area contributed by atoms with Crippen LogP contribution in [0.1, 0.15) is 5.56 Å². The van der Waals surface area contributed by atoms with Crippen molar-refractivity contribution in [1.82, 2.24) is 0 Å². The van der Waals surface area contributed by atoms with Crippen LogP contribution in [0.4, 0.5) is 0 Å². The predicted molar refractivity (Wildman–Crippen MR) is 49.3 cm³/mol. The van der Waals surface area contributed by atoms with Crippen molar-refractivity contribution in [3.8, 4) is 5.75 Å². The van der Waals surface area contributed by atoms with Gasteiger partial charge in [-0.05, 0) is 24.3 Å². The average molecular weight is 195 g/mol. The molecule has 0 heterocycles. The van der Waals surface area contributed by atoms with Crippen molar-refractivity contribution in [3.63, 3.8) is 0 Å². The lowest BCUT2D eigenvalue weighted by atomic mass is 10.1. The lowest BCUT2D eigenvalue weighted by molar-refractivity contribution is -0.129. The van der Waals surface area contributed by atoms with Gasteiger partial charge in [0.25, 0.3) is 0 Å². The van der Waals surface area contributed by atoms with Crippen LogP contribution in [0, 0.1) is 0 Å². The number of carboxylic acid groups (broad SMARTS) is 1. The predicted octanol–water partition coefficient (Wildman–Crippen LogP) is 0.827. The first kappa shape index (κ1) is 10.0. The van der Waals surface area contributed by atoms with Gasteiger partial charge in [-0.15, -0.1) is 0 Å². The molecule has 5 heteroatoms. The Hall–Kier alpha value is -2.04. The lowest BCUT2D eigenvalue weighted by Crippen LogP contribution is -2.14. The molecule has 0 saturated heterocycles. The standard InChI is InChI=1S/C9H9NO4/c1-14-10-8(9(12)13)6-2-4-7(11)5-3-6/h2-5,11H,1H3,(H,12,13). The number of hydrogen-bond donors (Lipinski definition) is 2. The highest BCUT2D eigenvalue weighted by Gasteiger charge is 2.12. The average Bonchev–Trinajstić information content (AvgIpc) is 2.15. The van der Waals surface area contributed by atoms with Gasteiger partial charge in [0.2, 0.25) is 0 Å². The van der Waals surface area contributed by atoms with E-state index in [4.69, 9.17) is 10.2 Å². The molecule has 0 fully saturated rings. The molecule has 14 heavy (non-hydrogen) atoms. The van der Waals surface area contributed by atoms with Crippen LogP contribution in [0.2, 0.25) is 0 Å². The number of aromatic hydroxyl groups is 1. The van der Waals surface area contributed by atoms with Gasteiger partial charge in [-0.1, -0.05) is 5.16 Å². The Balaban J connectivity index is 3.06. The van der Waals surface area contributed by atoms with Crippen LogP contribution < -0.4 is 0 Å². The number of oxime groups is 1. The monoisotopic (exact) mass is 195 g/mol. The van der Waals surface area contributed by atoms with Gasteiger partial charge in [-0.25, -0.2) is 4.79 Å². The third-order valence-corrected chi connectivity index (χ3v) is 1.53. The van der Waals surface area contributed by atoms with Crippen LogP contribution in [0.25, 0.3) is 0 Å². The molecule has 2 N–H and O–H groups in total. The van der Waals surface area contributed by atoms with Crippen molar-refractivity contribution in [1.29, 1.82) is 0 Å². The van der Waals surface area contributed by atoms with Crippen molar-refractivity contribution in [3.05, 3.63) is 29.8 Å². The van der Waals surface area contributed by atoms with E-state index in [1.54, 1.807) is 0 Å². The Morgan fingerprint density at radius 2 is 1.93 bits per heavy atom. The number of rotatable bonds is 3. The quantitative estimate of drug-likeness (QED) is 0.553. The fraction of sp³-hybridized carbons (Fsp3) is 0.111. The summed E-state index contributed by atoms with van der Waals surface area (Å²) in [6.45, 7) is 0. The van der Waals surface area contributed by atoms with Crippen LogP contribution in [0.15, 0.2) is 29.4 Å². The summed E-state index contributed by atoms with van der Waals surface area (Å²) >= 11 is 0. The number of aliphatic carboxylic acids is 1. The molecule has 0 bridgehead atoms. The number of nitrogens with zero attached hydrogens (tertiary/aromatic N) is 1. The Kier molecular flexibility index (Phi) is 3.06. The molecule has 1 aromatic rings.